The van der Waals surface area contributed by atoms with Gasteiger partial charge in [-0.15, -0.1) is 11.3 Å². The first-order valence-electron chi connectivity index (χ1n) is 5.82. The molecule has 1 N–H and O–H groups in total. The molecule has 1 aromatic rings. The van der Waals surface area contributed by atoms with E-state index < -0.39 is 24.3 Å². The molecule has 104 valence electrons. The number of nitrogens with zero attached hydrogens (tertiary/aromatic N) is 1. The van der Waals surface area contributed by atoms with E-state index in [0.717, 1.165) is 10.4 Å². The molecule has 0 amide bonds. The van der Waals surface area contributed by atoms with E-state index in [4.69, 9.17) is 15.4 Å². The van der Waals surface area contributed by atoms with Crippen molar-refractivity contribution < 1.29 is 14.3 Å². The van der Waals surface area contributed by atoms with Crippen LogP contribution < -0.4 is 0 Å². The number of ether oxygens (including phenoxy) is 1. The first kappa shape index (κ1) is 15.8. The highest BCUT2D eigenvalue weighted by molar-refractivity contribution is 7.11. The number of hydrogen-bond acceptors (Lipinski definition) is 6. The fourth-order valence-electron chi connectivity index (χ4n) is 1.38. The smallest absolute Gasteiger partial charge is 0.331 e. The summed E-state index contributed by atoms with van der Waals surface area (Å²) in [5.74, 6) is -2.38. The van der Waals surface area contributed by atoms with Gasteiger partial charge in [0.1, 0.15) is 5.92 Å². The summed E-state index contributed by atoms with van der Waals surface area (Å²) in [6.07, 6.45) is 2.86. The normalized spacial score (nSPS) is 11.8. The average molecular weight is 290 g/mol. The predicted octanol–water partition coefficient (Wildman–Crippen LogP) is 2.36. The molecule has 20 heavy (non-hydrogen) atoms. The Hall–Kier alpha value is -2.26. The van der Waals surface area contributed by atoms with Crippen molar-refractivity contribution in [2.75, 3.05) is 6.61 Å². The third kappa shape index (κ3) is 4.44. The molecule has 1 aromatic heterocycles. The molecule has 5 nitrogen and oxygen atoms in total. The number of nitriles is 1. The molecule has 0 fully saturated rings. The molecule has 0 aromatic carbocycles. The minimum absolute atomic E-state index is 0.0571. The molecule has 0 radical (unpaired) electrons. The molecule has 1 atom stereocenters. The Morgan fingerprint density at radius 3 is 2.80 bits per heavy atom. The second-order valence-corrected chi connectivity index (χ2v) is 5.07. The molecule has 0 aliphatic heterocycles. The lowest BCUT2D eigenvalue weighted by Gasteiger charge is -2.05. The van der Waals surface area contributed by atoms with Gasteiger partial charge in [-0.2, -0.15) is 5.26 Å². The van der Waals surface area contributed by atoms with Crippen molar-refractivity contribution >= 4 is 34.9 Å². The molecule has 0 saturated carbocycles. The van der Waals surface area contributed by atoms with Crippen molar-refractivity contribution in [3.63, 3.8) is 0 Å². The Morgan fingerprint density at radius 1 is 1.60 bits per heavy atom. The summed E-state index contributed by atoms with van der Waals surface area (Å²) < 4.78 is 4.76. The van der Waals surface area contributed by atoms with Gasteiger partial charge in [-0.25, -0.2) is 4.79 Å². The third-order valence-electron chi connectivity index (χ3n) is 2.51. The molecule has 0 spiro atoms. The first-order valence-corrected chi connectivity index (χ1v) is 6.70. The van der Waals surface area contributed by atoms with Crippen LogP contribution in [0.3, 0.4) is 0 Å². The number of rotatable bonds is 6. The van der Waals surface area contributed by atoms with Crippen LogP contribution in [0, 0.1) is 29.6 Å². The first-order chi connectivity index (χ1) is 9.45. The van der Waals surface area contributed by atoms with Gasteiger partial charge in [0.15, 0.2) is 12.4 Å². The van der Waals surface area contributed by atoms with Crippen LogP contribution >= 0.6 is 11.3 Å². The van der Waals surface area contributed by atoms with E-state index in [1.807, 2.05) is 18.4 Å². The van der Waals surface area contributed by atoms with Crippen LogP contribution in [-0.4, -0.2) is 24.1 Å². The number of ketones is 1. The van der Waals surface area contributed by atoms with Crippen molar-refractivity contribution in [2.24, 2.45) is 5.92 Å². The summed E-state index contributed by atoms with van der Waals surface area (Å²) in [6.45, 7) is 2.80. The van der Waals surface area contributed by atoms with Gasteiger partial charge in [-0.1, -0.05) is 0 Å². The van der Waals surface area contributed by atoms with Crippen molar-refractivity contribution in [1.82, 2.24) is 0 Å². The second kappa shape index (κ2) is 7.36. The molecule has 0 aliphatic rings. The van der Waals surface area contributed by atoms with E-state index in [-0.39, 0.29) is 5.71 Å². The van der Waals surface area contributed by atoms with Crippen molar-refractivity contribution in [1.29, 1.82) is 10.7 Å². The predicted molar refractivity (Wildman–Crippen MR) is 76.6 cm³/mol. The molecule has 0 bridgehead atoms. The van der Waals surface area contributed by atoms with Crippen molar-refractivity contribution in [3.05, 3.63) is 28.0 Å². The highest BCUT2D eigenvalue weighted by Gasteiger charge is 2.20. The molecule has 1 rings (SSSR count). The highest BCUT2D eigenvalue weighted by atomic mass is 32.1. The van der Waals surface area contributed by atoms with Gasteiger partial charge in [0.25, 0.3) is 0 Å². The summed E-state index contributed by atoms with van der Waals surface area (Å²) in [6, 6.07) is 3.64. The number of Topliss-reactive ketones (excluding diaryl/α,β-unsaturated/α-hetero) is 1. The SMILES string of the molecule is CC(=N)[C@@H](C#N)C(=O)COC(=O)/C=C/c1sccc1C. The minimum atomic E-state index is -1.15. The second-order valence-electron chi connectivity index (χ2n) is 4.12. The Morgan fingerprint density at radius 2 is 2.30 bits per heavy atom. The Kier molecular flexibility index (Phi) is 5.81. The largest absolute Gasteiger partial charge is 0.454 e. The quantitative estimate of drug-likeness (QED) is 0.494. The molecule has 6 heteroatoms. The topological polar surface area (TPSA) is 91.0 Å². The van der Waals surface area contributed by atoms with Crippen LogP contribution in [0.4, 0.5) is 0 Å². The standard InChI is InChI=1S/C14H14N2O3S/c1-9-5-6-20-13(9)3-4-14(18)19-8-12(17)11(7-15)10(2)16/h3-6,11,16H,8H2,1-2H3/b4-3+,16-10?/t11-/m1/s1. The lowest BCUT2D eigenvalue weighted by atomic mass is 10.0. The van der Waals surface area contributed by atoms with Gasteiger partial charge in [0.05, 0.1) is 6.07 Å². The Bertz CT molecular complexity index is 596. The van der Waals surface area contributed by atoms with Gasteiger partial charge in [-0.3, -0.25) is 4.79 Å². The van der Waals surface area contributed by atoms with E-state index in [2.05, 4.69) is 0 Å². The number of esters is 1. The van der Waals surface area contributed by atoms with Crippen LogP contribution in [0.25, 0.3) is 6.08 Å². The summed E-state index contributed by atoms with van der Waals surface area (Å²) >= 11 is 1.50. The maximum atomic E-state index is 11.5. The summed E-state index contributed by atoms with van der Waals surface area (Å²) in [4.78, 5) is 23.9. The average Bonchev–Trinajstić information content (AvgIpc) is 2.80. The molecule has 0 saturated heterocycles. The molecule has 0 unspecified atom stereocenters. The number of aryl methyl sites for hydroxylation is 1. The molecule has 0 aliphatic carbocycles. The van der Waals surface area contributed by atoms with E-state index in [1.165, 1.54) is 24.3 Å². The number of carbonyl (C=O) groups is 2. The van der Waals surface area contributed by atoms with Gasteiger partial charge in [-0.05, 0) is 36.9 Å². The zero-order chi connectivity index (χ0) is 15.1. The van der Waals surface area contributed by atoms with Crippen LogP contribution in [0.5, 0.6) is 0 Å². The van der Waals surface area contributed by atoms with Crippen LogP contribution in [0.15, 0.2) is 17.5 Å². The zero-order valence-electron chi connectivity index (χ0n) is 11.2. The van der Waals surface area contributed by atoms with E-state index in [9.17, 15) is 9.59 Å². The van der Waals surface area contributed by atoms with E-state index in [1.54, 1.807) is 12.1 Å². The maximum absolute atomic E-state index is 11.5. The van der Waals surface area contributed by atoms with Gasteiger partial charge in [0.2, 0.25) is 0 Å². The molecular formula is C14H14N2O3S. The summed E-state index contributed by atoms with van der Waals surface area (Å²) in [7, 11) is 0. The monoisotopic (exact) mass is 290 g/mol. The summed E-state index contributed by atoms with van der Waals surface area (Å²) in [5.41, 5.74) is 0.998. The van der Waals surface area contributed by atoms with Crippen LogP contribution in [0.2, 0.25) is 0 Å². The highest BCUT2D eigenvalue weighted by Crippen LogP contribution is 2.16. The van der Waals surface area contributed by atoms with E-state index >= 15 is 0 Å². The fraction of sp³-hybridized carbons (Fsp3) is 0.286. The van der Waals surface area contributed by atoms with Gasteiger partial charge in [0, 0.05) is 16.7 Å². The van der Waals surface area contributed by atoms with Crippen LogP contribution in [0.1, 0.15) is 17.4 Å². The van der Waals surface area contributed by atoms with Crippen molar-refractivity contribution in [3.8, 4) is 6.07 Å². The molecular weight excluding hydrogens is 276 g/mol. The summed E-state index contributed by atoms with van der Waals surface area (Å²) in [5, 5.41) is 17.9. The lowest BCUT2D eigenvalue weighted by Crippen LogP contribution is -2.25. The number of carbonyl (C=O) groups excluding carboxylic acids is 2. The number of hydrogen-bond donors (Lipinski definition) is 1. The lowest BCUT2D eigenvalue weighted by molar-refractivity contribution is -0.143. The number of thiophene rings is 1. The Labute approximate surface area is 121 Å². The zero-order valence-corrected chi connectivity index (χ0v) is 12.0. The van der Waals surface area contributed by atoms with Crippen LogP contribution in [-0.2, 0) is 14.3 Å². The fourth-order valence-corrected chi connectivity index (χ4v) is 2.20. The Balaban J connectivity index is 2.50. The molecule has 1 heterocycles. The van der Waals surface area contributed by atoms with Gasteiger partial charge >= 0.3 is 5.97 Å². The van der Waals surface area contributed by atoms with Crippen molar-refractivity contribution in [2.45, 2.75) is 13.8 Å². The minimum Gasteiger partial charge on any atom is -0.454 e. The maximum Gasteiger partial charge on any atom is 0.331 e. The number of nitrogens with one attached hydrogen (secondary N) is 1. The van der Waals surface area contributed by atoms with E-state index in [0.29, 0.717) is 0 Å². The van der Waals surface area contributed by atoms with Gasteiger partial charge < -0.3 is 10.1 Å². The third-order valence-corrected chi connectivity index (χ3v) is 3.50.